The Labute approximate surface area is 102 Å². The summed E-state index contributed by atoms with van der Waals surface area (Å²) < 4.78 is 5.88. The molecule has 0 aliphatic heterocycles. The fourth-order valence-corrected chi connectivity index (χ4v) is 2.32. The molecule has 2 rings (SSSR count). The molecule has 16 heavy (non-hydrogen) atoms. The van der Waals surface area contributed by atoms with Crippen LogP contribution >= 0.6 is 15.9 Å². The average molecular weight is 281 g/mol. The van der Waals surface area contributed by atoms with Crippen molar-refractivity contribution in [3.8, 4) is 0 Å². The van der Waals surface area contributed by atoms with Gasteiger partial charge >= 0.3 is 5.63 Å². The Balaban J connectivity index is 3.13. The van der Waals surface area contributed by atoms with Crippen molar-refractivity contribution in [3.05, 3.63) is 43.2 Å². The van der Waals surface area contributed by atoms with Gasteiger partial charge in [0.05, 0.1) is 0 Å². The summed E-state index contributed by atoms with van der Waals surface area (Å²) in [4.78, 5) is 11.6. The van der Waals surface area contributed by atoms with Gasteiger partial charge in [-0.25, -0.2) is 4.79 Å². The zero-order valence-corrected chi connectivity index (χ0v) is 11.4. The number of aryl methyl sites for hydroxylation is 4. The molecule has 1 heterocycles. The Morgan fingerprint density at radius 1 is 1.06 bits per heavy atom. The zero-order chi connectivity index (χ0) is 12.0. The maximum atomic E-state index is 11.6. The van der Waals surface area contributed by atoms with Crippen LogP contribution in [0.1, 0.15) is 22.3 Å². The van der Waals surface area contributed by atoms with Crippen LogP contribution in [0.2, 0.25) is 0 Å². The van der Waals surface area contributed by atoms with Gasteiger partial charge in [0.25, 0.3) is 0 Å². The lowest BCUT2D eigenvalue weighted by atomic mass is 9.99. The Morgan fingerprint density at radius 2 is 1.69 bits per heavy atom. The summed E-state index contributed by atoms with van der Waals surface area (Å²) in [6.07, 6.45) is 0. The molecule has 0 radical (unpaired) electrons. The summed E-state index contributed by atoms with van der Waals surface area (Å²) in [7, 11) is 0. The van der Waals surface area contributed by atoms with Gasteiger partial charge < -0.3 is 4.42 Å². The van der Waals surface area contributed by atoms with Gasteiger partial charge in [-0.1, -0.05) is 6.07 Å². The molecule has 0 spiro atoms. The van der Waals surface area contributed by atoms with Crippen LogP contribution in [0.3, 0.4) is 0 Å². The van der Waals surface area contributed by atoms with Crippen LogP contribution in [0.5, 0.6) is 0 Å². The molecule has 1 aromatic heterocycles. The van der Waals surface area contributed by atoms with E-state index in [-0.39, 0.29) is 5.63 Å². The molecule has 0 saturated carbocycles. The first kappa shape index (κ1) is 11.4. The van der Waals surface area contributed by atoms with Gasteiger partial charge in [-0.05, 0) is 65.9 Å². The minimum absolute atomic E-state index is 0.307. The van der Waals surface area contributed by atoms with E-state index < -0.39 is 0 Å². The summed E-state index contributed by atoms with van der Waals surface area (Å²) in [5, 5.41) is 1.04. The van der Waals surface area contributed by atoms with Crippen LogP contribution in [0.4, 0.5) is 0 Å². The summed E-state index contributed by atoms with van der Waals surface area (Å²) >= 11 is 3.27. The largest absolute Gasteiger partial charge is 0.422 e. The first-order valence-electron chi connectivity index (χ1n) is 5.13. The molecule has 2 aromatic rings. The normalized spacial score (nSPS) is 11.1. The van der Waals surface area contributed by atoms with E-state index in [4.69, 9.17) is 4.42 Å². The van der Waals surface area contributed by atoms with E-state index in [1.165, 1.54) is 0 Å². The van der Waals surface area contributed by atoms with Gasteiger partial charge in [0.15, 0.2) is 0 Å². The average Bonchev–Trinajstić information content (AvgIpc) is 2.22. The molecule has 0 unspecified atom stereocenters. The molecular formula is C13H13BrO2. The van der Waals surface area contributed by atoms with Crippen molar-refractivity contribution in [1.29, 1.82) is 0 Å². The molecule has 0 amide bonds. The maximum Gasteiger partial charge on any atom is 0.350 e. The highest BCUT2D eigenvalue weighted by Crippen LogP contribution is 2.29. The van der Waals surface area contributed by atoms with E-state index in [9.17, 15) is 4.79 Å². The molecule has 0 aliphatic rings. The lowest BCUT2D eigenvalue weighted by molar-refractivity contribution is 0.552. The lowest BCUT2D eigenvalue weighted by Gasteiger charge is -2.10. The topological polar surface area (TPSA) is 30.2 Å². The fraction of sp³-hybridized carbons (Fsp3) is 0.308. The van der Waals surface area contributed by atoms with Gasteiger partial charge in [-0.3, -0.25) is 0 Å². The first-order valence-corrected chi connectivity index (χ1v) is 5.92. The van der Waals surface area contributed by atoms with Crippen LogP contribution in [-0.4, -0.2) is 0 Å². The molecule has 84 valence electrons. The quantitative estimate of drug-likeness (QED) is 0.688. The van der Waals surface area contributed by atoms with Gasteiger partial charge in [0.2, 0.25) is 0 Å². The number of halogens is 1. The molecule has 0 atom stereocenters. The summed E-state index contributed by atoms with van der Waals surface area (Å²) in [5.41, 5.74) is 4.68. The van der Waals surface area contributed by atoms with E-state index in [2.05, 4.69) is 22.0 Å². The molecular weight excluding hydrogens is 268 g/mol. The van der Waals surface area contributed by atoms with E-state index in [1.54, 1.807) is 0 Å². The lowest BCUT2D eigenvalue weighted by Crippen LogP contribution is -2.04. The van der Waals surface area contributed by atoms with Crippen molar-refractivity contribution in [2.45, 2.75) is 27.7 Å². The van der Waals surface area contributed by atoms with Crippen LogP contribution in [0, 0.1) is 27.7 Å². The number of fused-ring (bicyclic) bond motifs is 1. The fourth-order valence-electron chi connectivity index (χ4n) is 2.04. The monoisotopic (exact) mass is 280 g/mol. The van der Waals surface area contributed by atoms with E-state index in [0.717, 1.165) is 27.6 Å². The van der Waals surface area contributed by atoms with Crippen LogP contribution in [-0.2, 0) is 0 Å². The minimum Gasteiger partial charge on any atom is -0.422 e. The van der Waals surface area contributed by atoms with Crippen molar-refractivity contribution in [2.24, 2.45) is 0 Å². The number of hydrogen-bond donors (Lipinski definition) is 0. The Hall–Kier alpha value is -1.09. The van der Waals surface area contributed by atoms with Gasteiger partial charge in [-0.15, -0.1) is 0 Å². The Bertz CT molecular complexity index is 639. The van der Waals surface area contributed by atoms with E-state index in [0.29, 0.717) is 10.1 Å². The predicted octanol–water partition coefficient (Wildman–Crippen LogP) is 3.79. The number of benzene rings is 1. The molecule has 0 N–H and O–H groups in total. The third kappa shape index (κ3) is 1.50. The van der Waals surface area contributed by atoms with Crippen molar-refractivity contribution in [3.63, 3.8) is 0 Å². The van der Waals surface area contributed by atoms with Gasteiger partial charge in [0, 0.05) is 5.39 Å². The Morgan fingerprint density at radius 3 is 2.31 bits per heavy atom. The second kappa shape index (κ2) is 3.74. The molecule has 0 bridgehead atoms. The maximum absolute atomic E-state index is 11.6. The molecule has 3 heteroatoms. The van der Waals surface area contributed by atoms with Crippen LogP contribution in [0.15, 0.2) is 19.8 Å². The van der Waals surface area contributed by atoms with Gasteiger partial charge in [0.1, 0.15) is 10.1 Å². The molecule has 1 aromatic carbocycles. The number of hydrogen-bond acceptors (Lipinski definition) is 2. The third-order valence-electron chi connectivity index (χ3n) is 3.06. The van der Waals surface area contributed by atoms with Crippen molar-refractivity contribution in [1.82, 2.24) is 0 Å². The molecule has 0 fully saturated rings. The summed E-state index contributed by atoms with van der Waals surface area (Å²) in [5.74, 6) is 0. The first-order chi connectivity index (χ1) is 7.43. The van der Waals surface area contributed by atoms with Crippen LogP contribution < -0.4 is 5.63 Å². The highest BCUT2D eigenvalue weighted by molar-refractivity contribution is 9.10. The molecule has 0 saturated heterocycles. The smallest absolute Gasteiger partial charge is 0.350 e. The number of rotatable bonds is 0. The highest BCUT2D eigenvalue weighted by atomic mass is 79.9. The predicted molar refractivity (Wildman–Crippen MR) is 69.1 cm³/mol. The summed E-state index contributed by atoms with van der Waals surface area (Å²) in [6.45, 7) is 7.98. The molecule has 0 aliphatic carbocycles. The van der Waals surface area contributed by atoms with Crippen molar-refractivity contribution < 1.29 is 4.42 Å². The second-order valence-electron chi connectivity index (χ2n) is 4.17. The molecule has 2 nitrogen and oxygen atoms in total. The van der Waals surface area contributed by atoms with E-state index >= 15 is 0 Å². The van der Waals surface area contributed by atoms with Crippen LogP contribution in [0.25, 0.3) is 11.0 Å². The highest BCUT2D eigenvalue weighted by Gasteiger charge is 2.13. The standard InChI is InChI=1S/C13H13BrO2/c1-6-5-7(2)10-9(4)11(14)13(15)16-12(10)8(6)3/h5H,1-4H3. The van der Waals surface area contributed by atoms with Gasteiger partial charge in [-0.2, -0.15) is 0 Å². The zero-order valence-electron chi connectivity index (χ0n) is 9.77. The summed E-state index contributed by atoms with van der Waals surface area (Å²) in [6, 6.07) is 2.12. The van der Waals surface area contributed by atoms with Crippen molar-refractivity contribution >= 4 is 26.9 Å². The SMILES string of the molecule is Cc1cc(C)c2c(C)c(Br)c(=O)oc2c1C. The van der Waals surface area contributed by atoms with Crippen molar-refractivity contribution in [2.75, 3.05) is 0 Å². The second-order valence-corrected chi connectivity index (χ2v) is 4.96. The Kier molecular flexibility index (Phi) is 2.66. The minimum atomic E-state index is -0.307. The van der Waals surface area contributed by atoms with E-state index in [1.807, 2.05) is 27.7 Å². The third-order valence-corrected chi connectivity index (χ3v) is 3.98.